The number of halogens is 2. The minimum absolute atomic E-state index is 0.212. The highest BCUT2D eigenvalue weighted by Gasteiger charge is 2.09. The van der Waals surface area contributed by atoms with Crippen LogP contribution in [-0.4, -0.2) is 0 Å². The molecule has 3 heteroatoms. The van der Waals surface area contributed by atoms with Crippen molar-refractivity contribution in [2.24, 2.45) is 5.73 Å². The second kappa shape index (κ2) is 5.93. The highest BCUT2D eigenvalue weighted by Crippen LogP contribution is 2.19. The predicted molar refractivity (Wildman–Crippen MR) is 72.8 cm³/mol. The van der Waals surface area contributed by atoms with Gasteiger partial charge < -0.3 is 5.73 Å². The van der Waals surface area contributed by atoms with Crippen LogP contribution in [0, 0.1) is 11.6 Å². The molecule has 0 amide bonds. The van der Waals surface area contributed by atoms with Gasteiger partial charge in [-0.3, -0.25) is 0 Å². The summed E-state index contributed by atoms with van der Waals surface area (Å²) in [6.45, 7) is 2.08. The normalized spacial score (nSPS) is 12.4. The number of nitrogens with two attached hydrogens (primary N) is 1. The first kappa shape index (κ1) is 13.7. The summed E-state index contributed by atoms with van der Waals surface area (Å²) in [6.07, 6.45) is 1.44. The maximum Gasteiger partial charge on any atom is 0.159 e. The number of rotatable bonds is 4. The van der Waals surface area contributed by atoms with Crippen molar-refractivity contribution in [2.75, 3.05) is 0 Å². The average molecular weight is 261 g/mol. The fourth-order valence-electron chi connectivity index (χ4n) is 2.08. The van der Waals surface area contributed by atoms with Crippen molar-refractivity contribution in [3.05, 3.63) is 70.8 Å². The van der Waals surface area contributed by atoms with Crippen molar-refractivity contribution in [1.82, 2.24) is 0 Å². The molecule has 0 heterocycles. The molecule has 0 aliphatic heterocycles. The minimum atomic E-state index is -0.828. The van der Waals surface area contributed by atoms with Gasteiger partial charge in [0.1, 0.15) is 0 Å². The molecule has 0 saturated heterocycles. The Balaban J connectivity index is 2.15. The maximum absolute atomic E-state index is 13.1. The van der Waals surface area contributed by atoms with E-state index in [4.69, 9.17) is 5.73 Å². The Morgan fingerprint density at radius 2 is 1.79 bits per heavy atom. The lowest BCUT2D eigenvalue weighted by Crippen LogP contribution is -2.13. The molecule has 19 heavy (non-hydrogen) atoms. The Morgan fingerprint density at radius 1 is 1.00 bits per heavy atom. The fraction of sp³-hybridized carbons (Fsp3) is 0.250. The highest BCUT2D eigenvalue weighted by atomic mass is 19.2. The molecule has 2 aromatic rings. The first-order valence-electron chi connectivity index (χ1n) is 6.38. The van der Waals surface area contributed by atoms with Crippen LogP contribution in [0.5, 0.6) is 0 Å². The Labute approximate surface area is 112 Å². The van der Waals surface area contributed by atoms with Crippen LogP contribution in [0.25, 0.3) is 0 Å². The molecule has 1 atom stereocenters. The van der Waals surface area contributed by atoms with E-state index in [0.29, 0.717) is 12.0 Å². The van der Waals surface area contributed by atoms with Crippen LogP contribution in [0.2, 0.25) is 0 Å². The van der Waals surface area contributed by atoms with Crippen molar-refractivity contribution in [2.45, 2.75) is 25.8 Å². The van der Waals surface area contributed by atoms with Crippen LogP contribution in [-0.2, 0) is 12.8 Å². The number of hydrogen-bond acceptors (Lipinski definition) is 1. The lowest BCUT2D eigenvalue weighted by molar-refractivity contribution is 0.506. The minimum Gasteiger partial charge on any atom is -0.324 e. The highest BCUT2D eigenvalue weighted by molar-refractivity contribution is 5.28. The molecule has 0 spiro atoms. The monoisotopic (exact) mass is 261 g/mol. The van der Waals surface area contributed by atoms with Crippen LogP contribution in [0.1, 0.15) is 29.7 Å². The smallest absolute Gasteiger partial charge is 0.159 e. The lowest BCUT2D eigenvalue weighted by Gasteiger charge is -2.13. The Morgan fingerprint density at radius 3 is 2.47 bits per heavy atom. The van der Waals surface area contributed by atoms with Crippen LogP contribution in [0.4, 0.5) is 8.78 Å². The van der Waals surface area contributed by atoms with Gasteiger partial charge in [0.25, 0.3) is 0 Å². The van der Waals surface area contributed by atoms with E-state index in [1.165, 1.54) is 11.6 Å². The van der Waals surface area contributed by atoms with Crippen LogP contribution >= 0.6 is 0 Å². The van der Waals surface area contributed by atoms with E-state index in [2.05, 4.69) is 13.0 Å². The predicted octanol–water partition coefficient (Wildman–Crippen LogP) is 3.77. The molecule has 100 valence electrons. The summed E-state index contributed by atoms with van der Waals surface area (Å²) in [4.78, 5) is 0. The molecule has 2 N–H and O–H groups in total. The molecular weight excluding hydrogens is 244 g/mol. The van der Waals surface area contributed by atoms with E-state index in [0.717, 1.165) is 18.1 Å². The zero-order valence-corrected chi connectivity index (χ0v) is 10.9. The van der Waals surface area contributed by atoms with Crippen LogP contribution < -0.4 is 5.73 Å². The zero-order chi connectivity index (χ0) is 13.8. The number of hydrogen-bond donors (Lipinski definition) is 1. The molecule has 2 aromatic carbocycles. The summed E-state index contributed by atoms with van der Waals surface area (Å²) < 4.78 is 26.0. The van der Waals surface area contributed by atoms with Gasteiger partial charge in [-0.05, 0) is 41.7 Å². The van der Waals surface area contributed by atoms with E-state index in [1.54, 1.807) is 6.07 Å². The molecule has 0 aliphatic rings. The van der Waals surface area contributed by atoms with Crippen LogP contribution in [0.3, 0.4) is 0 Å². The van der Waals surface area contributed by atoms with Gasteiger partial charge in [-0.2, -0.15) is 0 Å². The summed E-state index contributed by atoms with van der Waals surface area (Å²) in [5.41, 5.74) is 9.06. The summed E-state index contributed by atoms with van der Waals surface area (Å²) in [5.74, 6) is -1.66. The Hall–Kier alpha value is -1.74. The number of benzene rings is 2. The van der Waals surface area contributed by atoms with Crippen molar-refractivity contribution >= 4 is 0 Å². The van der Waals surface area contributed by atoms with Crippen molar-refractivity contribution in [1.29, 1.82) is 0 Å². The standard InChI is InChI=1S/C16H17F2N/c1-2-11-4-3-5-13(8-11)16(19)10-12-6-7-14(17)15(18)9-12/h3-9,16H,2,10,19H2,1H3. The topological polar surface area (TPSA) is 26.0 Å². The maximum atomic E-state index is 13.1. The van der Waals surface area contributed by atoms with E-state index >= 15 is 0 Å². The molecule has 0 bridgehead atoms. The van der Waals surface area contributed by atoms with Gasteiger partial charge in [0.15, 0.2) is 11.6 Å². The van der Waals surface area contributed by atoms with Gasteiger partial charge in [-0.1, -0.05) is 37.3 Å². The third-order valence-electron chi connectivity index (χ3n) is 3.23. The van der Waals surface area contributed by atoms with Crippen LogP contribution in [0.15, 0.2) is 42.5 Å². The third kappa shape index (κ3) is 3.38. The summed E-state index contributed by atoms with van der Waals surface area (Å²) in [7, 11) is 0. The molecule has 1 nitrogen and oxygen atoms in total. The Kier molecular flexibility index (Phi) is 4.27. The van der Waals surface area contributed by atoms with Crippen molar-refractivity contribution in [3.8, 4) is 0 Å². The molecule has 0 fully saturated rings. The Bertz CT molecular complexity index is 566. The van der Waals surface area contributed by atoms with Gasteiger partial charge >= 0.3 is 0 Å². The van der Waals surface area contributed by atoms with E-state index in [1.807, 2.05) is 18.2 Å². The summed E-state index contributed by atoms with van der Waals surface area (Å²) >= 11 is 0. The third-order valence-corrected chi connectivity index (χ3v) is 3.23. The SMILES string of the molecule is CCc1cccc(C(N)Cc2ccc(F)c(F)c2)c1. The molecule has 0 aromatic heterocycles. The van der Waals surface area contributed by atoms with Crippen molar-refractivity contribution in [3.63, 3.8) is 0 Å². The fourth-order valence-corrected chi connectivity index (χ4v) is 2.08. The van der Waals surface area contributed by atoms with Gasteiger partial charge in [-0.15, -0.1) is 0 Å². The zero-order valence-electron chi connectivity index (χ0n) is 10.9. The van der Waals surface area contributed by atoms with Crippen molar-refractivity contribution < 1.29 is 8.78 Å². The lowest BCUT2D eigenvalue weighted by atomic mass is 9.97. The average Bonchev–Trinajstić information content (AvgIpc) is 2.43. The molecule has 0 saturated carbocycles. The van der Waals surface area contributed by atoms with Gasteiger partial charge in [0.05, 0.1) is 0 Å². The summed E-state index contributed by atoms with van der Waals surface area (Å²) in [5, 5.41) is 0. The largest absolute Gasteiger partial charge is 0.324 e. The molecule has 2 rings (SSSR count). The van der Waals surface area contributed by atoms with Gasteiger partial charge in [0.2, 0.25) is 0 Å². The second-order valence-electron chi connectivity index (χ2n) is 4.66. The van der Waals surface area contributed by atoms with Gasteiger partial charge in [-0.25, -0.2) is 8.78 Å². The van der Waals surface area contributed by atoms with E-state index in [9.17, 15) is 8.78 Å². The second-order valence-corrected chi connectivity index (χ2v) is 4.66. The molecule has 1 unspecified atom stereocenters. The molecular formula is C16H17F2N. The van der Waals surface area contributed by atoms with Gasteiger partial charge in [0, 0.05) is 6.04 Å². The van der Waals surface area contributed by atoms with E-state index in [-0.39, 0.29) is 6.04 Å². The first-order chi connectivity index (χ1) is 9.10. The quantitative estimate of drug-likeness (QED) is 0.890. The first-order valence-corrected chi connectivity index (χ1v) is 6.38. The molecule has 0 radical (unpaired) electrons. The summed E-state index contributed by atoms with van der Waals surface area (Å²) in [6, 6.07) is 11.7. The number of aryl methyl sites for hydroxylation is 1. The molecule has 0 aliphatic carbocycles. The van der Waals surface area contributed by atoms with E-state index < -0.39 is 11.6 Å².